The number of benzene rings is 1. The summed E-state index contributed by atoms with van der Waals surface area (Å²) in [4.78, 5) is 41.9. The zero-order valence-corrected chi connectivity index (χ0v) is 14.9. The minimum Gasteiger partial charge on any atom is -0.345 e. The summed E-state index contributed by atoms with van der Waals surface area (Å²) in [5.74, 6) is -0.0435. The molecule has 0 bridgehead atoms. The van der Waals surface area contributed by atoms with Crippen LogP contribution in [0.1, 0.15) is 17.5 Å². The molecule has 0 aromatic heterocycles. The van der Waals surface area contributed by atoms with Crippen molar-refractivity contribution in [3.05, 3.63) is 35.4 Å². The van der Waals surface area contributed by atoms with Gasteiger partial charge in [0.15, 0.2) is 0 Å². The fourth-order valence-electron chi connectivity index (χ4n) is 3.55. The largest absolute Gasteiger partial charge is 0.345 e. The third-order valence-electron chi connectivity index (χ3n) is 5.24. The Hall–Kier alpha value is -2.37. The molecule has 0 aliphatic carbocycles. The molecule has 0 radical (unpaired) electrons. The summed E-state index contributed by atoms with van der Waals surface area (Å²) in [5.41, 5.74) is 2.18. The van der Waals surface area contributed by atoms with Crippen molar-refractivity contribution in [3.8, 4) is 0 Å². The van der Waals surface area contributed by atoms with Crippen molar-refractivity contribution in [2.75, 3.05) is 39.8 Å². The Morgan fingerprint density at radius 3 is 2.32 bits per heavy atom. The molecule has 134 valence electrons. The van der Waals surface area contributed by atoms with Crippen LogP contribution in [0, 0.1) is 12.8 Å². The predicted octanol–water partition coefficient (Wildman–Crippen LogP) is 0.687. The normalized spacial score (nSPS) is 21.0. The quantitative estimate of drug-likeness (QED) is 0.811. The zero-order valence-electron chi connectivity index (χ0n) is 14.9. The topological polar surface area (TPSA) is 60.9 Å². The molecule has 0 unspecified atom stereocenters. The maximum absolute atomic E-state index is 12.5. The molecule has 2 aliphatic rings. The van der Waals surface area contributed by atoms with Crippen molar-refractivity contribution >= 4 is 17.7 Å². The van der Waals surface area contributed by atoms with Crippen LogP contribution in [0.25, 0.3) is 0 Å². The molecule has 2 saturated heterocycles. The molecule has 25 heavy (non-hydrogen) atoms. The number of hydrogen-bond donors (Lipinski definition) is 0. The van der Waals surface area contributed by atoms with Crippen LogP contribution in [0.5, 0.6) is 0 Å². The smallest absolute Gasteiger partial charge is 0.228 e. The zero-order chi connectivity index (χ0) is 18.0. The number of hydrogen-bond acceptors (Lipinski definition) is 3. The lowest BCUT2D eigenvalue weighted by atomic mass is 10.0. The van der Waals surface area contributed by atoms with Crippen LogP contribution < -0.4 is 0 Å². The summed E-state index contributed by atoms with van der Waals surface area (Å²) in [6, 6.07) is 7.92. The first-order chi connectivity index (χ1) is 12.0. The van der Waals surface area contributed by atoms with E-state index in [1.165, 1.54) is 0 Å². The molecule has 6 nitrogen and oxygen atoms in total. The maximum Gasteiger partial charge on any atom is 0.228 e. The van der Waals surface area contributed by atoms with Crippen molar-refractivity contribution in [1.29, 1.82) is 0 Å². The van der Waals surface area contributed by atoms with Gasteiger partial charge < -0.3 is 14.7 Å². The van der Waals surface area contributed by atoms with Crippen molar-refractivity contribution in [2.45, 2.75) is 19.8 Å². The number of nitrogens with zero attached hydrogens (tertiary/aromatic N) is 3. The van der Waals surface area contributed by atoms with Gasteiger partial charge in [-0.2, -0.15) is 0 Å². The Bertz CT molecular complexity index is 680. The number of carbonyl (C=O) groups is 3. The SMILES string of the molecule is Cc1ccccc1CC(=O)N1CCN(C(=O)[C@H]2CC(=O)N(C)C2)CC1. The number of likely N-dealkylation sites (tertiary alicyclic amines) is 1. The van der Waals surface area contributed by atoms with Gasteiger partial charge in [0.05, 0.1) is 12.3 Å². The molecule has 0 N–H and O–H groups in total. The number of rotatable bonds is 3. The standard InChI is InChI=1S/C19H25N3O3/c1-14-5-3-4-6-15(14)11-18(24)21-7-9-22(10-8-21)19(25)16-12-17(23)20(2)13-16/h3-6,16H,7-13H2,1-2H3/t16-/m0/s1. The van der Waals surface area contributed by atoms with E-state index in [0.29, 0.717) is 45.6 Å². The van der Waals surface area contributed by atoms with E-state index in [0.717, 1.165) is 11.1 Å². The maximum atomic E-state index is 12.5. The Labute approximate surface area is 148 Å². The molecule has 2 heterocycles. The average Bonchev–Trinajstić information content (AvgIpc) is 2.95. The van der Waals surface area contributed by atoms with Gasteiger partial charge >= 0.3 is 0 Å². The number of piperazine rings is 1. The van der Waals surface area contributed by atoms with Crippen LogP contribution in [-0.4, -0.2) is 72.2 Å². The van der Waals surface area contributed by atoms with Gasteiger partial charge in [0.1, 0.15) is 0 Å². The third-order valence-corrected chi connectivity index (χ3v) is 5.24. The molecule has 2 aliphatic heterocycles. The van der Waals surface area contributed by atoms with Crippen LogP contribution in [0.4, 0.5) is 0 Å². The highest BCUT2D eigenvalue weighted by atomic mass is 16.2. The van der Waals surface area contributed by atoms with E-state index in [9.17, 15) is 14.4 Å². The van der Waals surface area contributed by atoms with E-state index < -0.39 is 0 Å². The Morgan fingerprint density at radius 2 is 1.72 bits per heavy atom. The Morgan fingerprint density at radius 1 is 1.08 bits per heavy atom. The van der Waals surface area contributed by atoms with Crippen molar-refractivity contribution in [3.63, 3.8) is 0 Å². The minimum absolute atomic E-state index is 0.0328. The summed E-state index contributed by atoms with van der Waals surface area (Å²) < 4.78 is 0. The lowest BCUT2D eigenvalue weighted by Gasteiger charge is -2.36. The molecule has 1 aromatic rings. The summed E-state index contributed by atoms with van der Waals surface area (Å²) in [7, 11) is 1.73. The monoisotopic (exact) mass is 343 g/mol. The fourth-order valence-corrected chi connectivity index (χ4v) is 3.55. The van der Waals surface area contributed by atoms with Gasteiger partial charge in [-0.05, 0) is 18.1 Å². The van der Waals surface area contributed by atoms with Gasteiger partial charge in [-0.1, -0.05) is 24.3 Å². The Kier molecular flexibility index (Phi) is 5.06. The predicted molar refractivity (Wildman–Crippen MR) is 93.8 cm³/mol. The molecule has 6 heteroatoms. The van der Waals surface area contributed by atoms with Gasteiger partial charge in [-0.15, -0.1) is 0 Å². The highest BCUT2D eigenvalue weighted by molar-refractivity contribution is 5.89. The van der Waals surface area contributed by atoms with Crippen molar-refractivity contribution in [1.82, 2.24) is 14.7 Å². The highest BCUT2D eigenvalue weighted by Crippen LogP contribution is 2.20. The lowest BCUT2D eigenvalue weighted by Crippen LogP contribution is -2.52. The summed E-state index contributed by atoms with van der Waals surface area (Å²) in [6.45, 7) is 4.74. The molecule has 0 saturated carbocycles. The van der Waals surface area contributed by atoms with Gasteiger partial charge in [0.2, 0.25) is 17.7 Å². The Balaban J connectivity index is 1.51. The average molecular weight is 343 g/mol. The van der Waals surface area contributed by atoms with Crippen LogP contribution in [0.2, 0.25) is 0 Å². The second-order valence-electron chi connectivity index (χ2n) is 6.98. The van der Waals surface area contributed by atoms with Crippen LogP contribution in [0.3, 0.4) is 0 Å². The van der Waals surface area contributed by atoms with E-state index in [1.807, 2.05) is 36.1 Å². The van der Waals surface area contributed by atoms with E-state index in [2.05, 4.69) is 0 Å². The molecular weight excluding hydrogens is 318 g/mol. The first-order valence-electron chi connectivity index (χ1n) is 8.80. The third kappa shape index (κ3) is 3.83. The first-order valence-corrected chi connectivity index (χ1v) is 8.80. The van der Waals surface area contributed by atoms with Gasteiger partial charge in [0.25, 0.3) is 0 Å². The molecule has 3 rings (SSSR count). The van der Waals surface area contributed by atoms with Crippen LogP contribution in [-0.2, 0) is 20.8 Å². The molecule has 0 spiro atoms. The van der Waals surface area contributed by atoms with Gasteiger partial charge in [-0.3, -0.25) is 14.4 Å². The highest BCUT2D eigenvalue weighted by Gasteiger charge is 2.36. The van der Waals surface area contributed by atoms with Gasteiger partial charge in [0, 0.05) is 46.2 Å². The van der Waals surface area contributed by atoms with Crippen LogP contribution in [0.15, 0.2) is 24.3 Å². The van der Waals surface area contributed by atoms with Gasteiger partial charge in [-0.25, -0.2) is 0 Å². The van der Waals surface area contributed by atoms with E-state index in [1.54, 1.807) is 16.8 Å². The molecule has 2 fully saturated rings. The fraction of sp³-hybridized carbons (Fsp3) is 0.526. The van der Waals surface area contributed by atoms with Crippen molar-refractivity contribution in [2.24, 2.45) is 5.92 Å². The summed E-state index contributed by atoms with van der Waals surface area (Å²) in [5, 5.41) is 0. The minimum atomic E-state index is -0.230. The molecule has 3 amide bonds. The molecule has 1 aromatic carbocycles. The van der Waals surface area contributed by atoms with E-state index in [4.69, 9.17) is 0 Å². The molecular formula is C19H25N3O3. The second kappa shape index (κ2) is 7.25. The first kappa shape index (κ1) is 17.5. The second-order valence-corrected chi connectivity index (χ2v) is 6.98. The number of aryl methyl sites for hydroxylation is 1. The number of amides is 3. The lowest BCUT2D eigenvalue weighted by molar-refractivity contribution is -0.141. The number of carbonyl (C=O) groups excluding carboxylic acids is 3. The molecule has 1 atom stereocenters. The van der Waals surface area contributed by atoms with Crippen LogP contribution >= 0.6 is 0 Å². The van der Waals surface area contributed by atoms with E-state index >= 15 is 0 Å². The summed E-state index contributed by atoms with van der Waals surface area (Å²) in [6.07, 6.45) is 0.713. The van der Waals surface area contributed by atoms with Crippen molar-refractivity contribution < 1.29 is 14.4 Å². The van der Waals surface area contributed by atoms with E-state index in [-0.39, 0.29) is 23.6 Å². The summed E-state index contributed by atoms with van der Waals surface area (Å²) >= 11 is 0.